The molecule has 0 saturated heterocycles. The molecule has 1 heterocycles. The van der Waals surface area contributed by atoms with Crippen LogP contribution in [0, 0.1) is 0 Å². The van der Waals surface area contributed by atoms with Gasteiger partial charge >= 0.3 is 6.18 Å². The largest absolute Gasteiger partial charge is 0.465 e. The second-order valence-electron chi connectivity index (χ2n) is 6.08. The fourth-order valence-electron chi connectivity index (χ4n) is 3.29. The standard InChI is InChI=1S/C20H15F3O/c21-20(22,23)15-6-3-4-13(10-15)11-16-12-18-17-7-2-1-5-14(17)8-9-19(18)24-16/h1-7,10,12H,8-9,11H2. The topological polar surface area (TPSA) is 13.1 Å². The maximum atomic E-state index is 12.8. The van der Waals surface area contributed by atoms with E-state index in [1.807, 2.05) is 18.2 Å². The minimum atomic E-state index is -4.32. The number of hydrogen-bond donors (Lipinski definition) is 0. The Kier molecular flexibility index (Phi) is 3.48. The highest BCUT2D eigenvalue weighted by atomic mass is 19.4. The summed E-state index contributed by atoms with van der Waals surface area (Å²) in [4.78, 5) is 0. The summed E-state index contributed by atoms with van der Waals surface area (Å²) in [5, 5.41) is 0. The normalized spacial score (nSPS) is 13.5. The summed E-state index contributed by atoms with van der Waals surface area (Å²) in [6, 6.07) is 15.6. The molecular formula is C20H15F3O. The van der Waals surface area contributed by atoms with E-state index in [1.54, 1.807) is 6.07 Å². The molecule has 4 rings (SSSR count). The smallest absolute Gasteiger partial charge is 0.416 e. The lowest BCUT2D eigenvalue weighted by atomic mass is 9.90. The second kappa shape index (κ2) is 5.55. The number of benzene rings is 2. The molecular weight excluding hydrogens is 313 g/mol. The molecule has 24 heavy (non-hydrogen) atoms. The van der Waals surface area contributed by atoms with Crippen LogP contribution in [0.3, 0.4) is 0 Å². The Balaban J connectivity index is 1.65. The zero-order valence-corrected chi connectivity index (χ0v) is 12.9. The number of rotatable bonds is 2. The first-order chi connectivity index (χ1) is 11.5. The number of aryl methyl sites for hydroxylation is 2. The Bertz CT molecular complexity index is 890. The molecule has 0 unspecified atom stereocenters. The predicted molar refractivity (Wildman–Crippen MR) is 85.8 cm³/mol. The van der Waals surface area contributed by atoms with Gasteiger partial charge in [0, 0.05) is 18.4 Å². The van der Waals surface area contributed by atoms with Crippen LogP contribution >= 0.6 is 0 Å². The van der Waals surface area contributed by atoms with Crippen LogP contribution in [0.25, 0.3) is 11.1 Å². The lowest BCUT2D eigenvalue weighted by Crippen LogP contribution is -2.05. The molecule has 0 aliphatic heterocycles. The van der Waals surface area contributed by atoms with Crippen molar-refractivity contribution in [2.75, 3.05) is 0 Å². The van der Waals surface area contributed by atoms with Crippen LogP contribution < -0.4 is 0 Å². The first-order valence-corrected chi connectivity index (χ1v) is 7.87. The molecule has 2 aromatic carbocycles. The zero-order chi connectivity index (χ0) is 16.7. The molecule has 0 amide bonds. The number of halogens is 3. The third kappa shape index (κ3) is 2.73. The van der Waals surface area contributed by atoms with Crippen LogP contribution in [0.4, 0.5) is 13.2 Å². The highest BCUT2D eigenvalue weighted by Crippen LogP contribution is 2.36. The molecule has 0 saturated carbocycles. The Morgan fingerprint density at radius 3 is 2.54 bits per heavy atom. The number of hydrogen-bond acceptors (Lipinski definition) is 1. The minimum Gasteiger partial charge on any atom is -0.465 e. The molecule has 0 spiro atoms. The number of fused-ring (bicyclic) bond motifs is 3. The Morgan fingerprint density at radius 2 is 1.71 bits per heavy atom. The van der Waals surface area contributed by atoms with Crippen LogP contribution in [0.1, 0.15) is 28.2 Å². The summed E-state index contributed by atoms with van der Waals surface area (Å²) in [5.74, 6) is 1.63. The summed E-state index contributed by atoms with van der Waals surface area (Å²) in [6.45, 7) is 0. The zero-order valence-electron chi connectivity index (χ0n) is 12.9. The van der Waals surface area contributed by atoms with Gasteiger partial charge in [-0.05, 0) is 35.2 Å². The van der Waals surface area contributed by atoms with E-state index in [4.69, 9.17) is 4.42 Å². The predicted octanol–water partition coefficient (Wildman–Crippen LogP) is 5.65. The van der Waals surface area contributed by atoms with E-state index < -0.39 is 11.7 Å². The van der Waals surface area contributed by atoms with Crippen molar-refractivity contribution in [3.8, 4) is 11.1 Å². The molecule has 4 heteroatoms. The summed E-state index contributed by atoms with van der Waals surface area (Å²) in [5.41, 5.74) is 3.50. The summed E-state index contributed by atoms with van der Waals surface area (Å²) >= 11 is 0. The third-order valence-corrected chi connectivity index (χ3v) is 4.42. The van der Waals surface area contributed by atoms with Crippen molar-refractivity contribution >= 4 is 0 Å². The number of alkyl halides is 3. The number of furan rings is 1. The SMILES string of the molecule is FC(F)(F)c1cccc(Cc2cc3c(o2)CCc2ccccc2-3)c1. The first-order valence-electron chi connectivity index (χ1n) is 7.87. The fraction of sp³-hybridized carbons (Fsp3) is 0.200. The van der Waals surface area contributed by atoms with Crippen molar-refractivity contribution in [1.29, 1.82) is 0 Å². The maximum Gasteiger partial charge on any atom is 0.416 e. The highest BCUT2D eigenvalue weighted by Gasteiger charge is 2.30. The van der Waals surface area contributed by atoms with Crippen molar-refractivity contribution < 1.29 is 17.6 Å². The molecule has 0 fully saturated rings. The maximum absolute atomic E-state index is 12.8. The van der Waals surface area contributed by atoms with E-state index in [2.05, 4.69) is 12.1 Å². The first kappa shape index (κ1) is 15.1. The lowest BCUT2D eigenvalue weighted by molar-refractivity contribution is -0.137. The Hall–Kier alpha value is -2.49. The van der Waals surface area contributed by atoms with Crippen molar-refractivity contribution in [1.82, 2.24) is 0 Å². The van der Waals surface area contributed by atoms with Gasteiger partial charge in [-0.1, -0.05) is 42.5 Å². The van der Waals surface area contributed by atoms with Gasteiger partial charge < -0.3 is 4.42 Å². The van der Waals surface area contributed by atoms with Gasteiger partial charge in [0.25, 0.3) is 0 Å². The van der Waals surface area contributed by atoms with Gasteiger partial charge in [-0.3, -0.25) is 0 Å². The summed E-state index contributed by atoms with van der Waals surface area (Å²) in [6.07, 6.45) is -2.20. The van der Waals surface area contributed by atoms with Crippen LogP contribution in [-0.2, 0) is 25.4 Å². The minimum absolute atomic E-state index is 0.360. The van der Waals surface area contributed by atoms with E-state index in [-0.39, 0.29) is 0 Å². The highest BCUT2D eigenvalue weighted by molar-refractivity contribution is 5.72. The van der Waals surface area contributed by atoms with Gasteiger partial charge in [0.05, 0.1) is 5.56 Å². The van der Waals surface area contributed by atoms with Gasteiger partial charge in [0.1, 0.15) is 11.5 Å². The van der Waals surface area contributed by atoms with E-state index in [0.717, 1.165) is 35.8 Å². The molecule has 122 valence electrons. The van der Waals surface area contributed by atoms with Gasteiger partial charge in [0.15, 0.2) is 0 Å². The van der Waals surface area contributed by atoms with Gasteiger partial charge in [-0.2, -0.15) is 13.2 Å². The molecule has 1 nitrogen and oxygen atoms in total. The molecule has 1 aromatic heterocycles. The third-order valence-electron chi connectivity index (χ3n) is 4.42. The van der Waals surface area contributed by atoms with Crippen LogP contribution in [0.15, 0.2) is 59.0 Å². The van der Waals surface area contributed by atoms with E-state index >= 15 is 0 Å². The molecule has 3 aromatic rings. The molecule has 0 bridgehead atoms. The molecule has 1 aliphatic rings. The molecule has 0 atom stereocenters. The summed E-state index contributed by atoms with van der Waals surface area (Å²) < 4.78 is 44.4. The van der Waals surface area contributed by atoms with Gasteiger partial charge in [0.2, 0.25) is 0 Å². The van der Waals surface area contributed by atoms with Gasteiger partial charge in [-0.15, -0.1) is 0 Å². The lowest BCUT2D eigenvalue weighted by Gasteiger charge is -2.14. The second-order valence-corrected chi connectivity index (χ2v) is 6.08. The quantitative estimate of drug-likeness (QED) is 0.592. The van der Waals surface area contributed by atoms with Crippen molar-refractivity contribution in [3.05, 3.63) is 82.8 Å². The van der Waals surface area contributed by atoms with E-state index in [9.17, 15) is 13.2 Å². The fourth-order valence-corrected chi connectivity index (χ4v) is 3.29. The molecule has 1 aliphatic carbocycles. The van der Waals surface area contributed by atoms with E-state index in [0.29, 0.717) is 17.7 Å². The van der Waals surface area contributed by atoms with Gasteiger partial charge in [-0.25, -0.2) is 0 Å². The van der Waals surface area contributed by atoms with Crippen LogP contribution in [0.5, 0.6) is 0 Å². The van der Waals surface area contributed by atoms with Crippen molar-refractivity contribution in [2.45, 2.75) is 25.4 Å². The Labute approximate surface area is 137 Å². The summed E-state index contributed by atoms with van der Waals surface area (Å²) in [7, 11) is 0. The molecule has 0 N–H and O–H groups in total. The monoisotopic (exact) mass is 328 g/mol. The van der Waals surface area contributed by atoms with E-state index in [1.165, 1.54) is 17.7 Å². The van der Waals surface area contributed by atoms with Crippen molar-refractivity contribution in [2.24, 2.45) is 0 Å². The average molecular weight is 328 g/mol. The molecule has 0 radical (unpaired) electrons. The van der Waals surface area contributed by atoms with Crippen LogP contribution in [-0.4, -0.2) is 0 Å². The van der Waals surface area contributed by atoms with Crippen molar-refractivity contribution in [3.63, 3.8) is 0 Å². The van der Waals surface area contributed by atoms with Crippen LogP contribution in [0.2, 0.25) is 0 Å². The Morgan fingerprint density at radius 1 is 0.875 bits per heavy atom. The average Bonchev–Trinajstić information content (AvgIpc) is 2.97.